The zero-order valence-corrected chi connectivity index (χ0v) is 17.3. The van der Waals surface area contributed by atoms with Crippen molar-refractivity contribution in [3.05, 3.63) is 57.7 Å². The van der Waals surface area contributed by atoms with Gasteiger partial charge in [-0.3, -0.25) is 4.79 Å². The molecule has 0 atom stereocenters. The first-order chi connectivity index (χ1) is 15.2. The number of allylic oxidation sites excluding steroid dienone is 2. The molecule has 3 rings (SSSR count). The molecule has 2 aromatic rings. The van der Waals surface area contributed by atoms with Gasteiger partial charge in [-0.25, -0.2) is 17.6 Å². The van der Waals surface area contributed by atoms with Gasteiger partial charge >= 0.3 is 0 Å². The Hall–Kier alpha value is -3.49. The van der Waals surface area contributed by atoms with Crippen LogP contribution < -0.4 is 9.47 Å². The molecule has 0 bridgehead atoms. The van der Waals surface area contributed by atoms with Crippen LogP contribution in [-0.4, -0.2) is 30.2 Å². The second-order valence-electron chi connectivity index (χ2n) is 7.16. The highest BCUT2D eigenvalue weighted by Gasteiger charge is 2.24. The monoisotopic (exact) mass is 452 g/mol. The molecule has 2 aromatic carbocycles. The van der Waals surface area contributed by atoms with Crippen LogP contribution in [0.4, 0.5) is 17.6 Å². The van der Waals surface area contributed by atoms with Crippen LogP contribution in [0.1, 0.15) is 36.8 Å². The number of phenolic OH excluding ortho intramolecular Hbond substituents is 2. The normalized spacial score (nSPS) is 17.0. The van der Waals surface area contributed by atoms with Gasteiger partial charge < -0.3 is 19.7 Å². The fraction of sp³-hybridized carbons (Fsp3) is 0.261. The van der Waals surface area contributed by atoms with Gasteiger partial charge in [0.1, 0.15) is 0 Å². The Morgan fingerprint density at radius 3 is 1.50 bits per heavy atom. The third-order valence-corrected chi connectivity index (χ3v) is 5.15. The summed E-state index contributed by atoms with van der Waals surface area (Å²) in [5.74, 6) is -8.24. The number of ether oxygens (including phenoxy) is 2. The highest BCUT2D eigenvalue weighted by Crippen LogP contribution is 2.38. The van der Waals surface area contributed by atoms with E-state index in [0.29, 0.717) is 12.8 Å². The topological polar surface area (TPSA) is 76.0 Å². The van der Waals surface area contributed by atoms with Crippen LogP contribution in [-0.2, 0) is 4.79 Å². The summed E-state index contributed by atoms with van der Waals surface area (Å²) in [6.07, 6.45) is 3.88. The zero-order chi connectivity index (χ0) is 23.6. The smallest absolute Gasteiger partial charge is 0.200 e. The van der Waals surface area contributed by atoms with E-state index < -0.39 is 52.1 Å². The van der Waals surface area contributed by atoms with E-state index in [0.717, 1.165) is 38.5 Å². The van der Waals surface area contributed by atoms with E-state index in [1.807, 2.05) is 0 Å². The molecule has 1 aliphatic rings. The van der Waals surface area contributed by atoms with Crippen molar-refractivity contribution in [1.29, 1.82) is 0 Å². The molecule has 0 radical (unpaired) electrons. The number of methoxy groups -OCH3 is 2. The molecule has 0 amide bonds. The highest BCUT2D eigenvalue weighted by molar-refractivity contribution is 6.13. The maximum absolute atomic E-state index is 14.6. The third kappa shape index (κ3) is 4.28. The summed E-state index contributed by atoms with van der Waals surface area (Å²) in [6, 6.07) is 1.48. The van der Waals surface area contributed by atoms with E-state index in [4.69, 9.17) is 9.47 Å². The number of carbonyl (C=O) groups is 1. The second kappa shape index (κ2) is 9.33. The van der Waals surface area contributed by atoms with Crippen molar-refractivity contribution in [2.45, 2.75) is 25.7 Å². The number of carbonyl (C=O) groups excluding carboxylic acids is 1. The zero-order valence-electron chi connectivity index (χ0n) is 17.3. The lowest BCUT2D eigenvalue weighted by molar-refractivity contribution is -0.112. The predicted octanol–water partition coefficient (Wildman–Crippen LogP) is 5.28. The van der Waals surface area contributed by atoms with Crippen molar-refractivity contribution in [2.24, 2.45) is 0 Å². The van der Waals surface area contributed by atoms with Crippen molar-refractivity contribution < 1.29 is 42.0 Å². The molecule has 0 unspecified atom stereocenters. The SMILES string of the molecule is COc1c(O)c(F)cc(/C=C2\CCCC/C(=C\c3cc(F)c(O)c(OC)c3F)C2=O)c1F. The van der Waals surface area contributed by atoms with Gasteiger partial charge in [-0.15, -0.1) is 0 Å². The molecule has 0 aromatic heterocycles. The summed E-state index contributed by atoms with van der Waals surface area (Å²) in [5.41, 5.74) is -0.339. The van der Waals surface area contributed by atoms with Gasteiger partial charge in [0.2, 0.25) is 0 Å². The molecule has 0 spiro atoms. The Kier molecular flexibility index (Phi) is 6.76. The average molecular weight is 452 g/mol. The number of hydrogen-bond acceptors (Lipinski definition) is 5. The van der Waals surface area contributed by atoms with Crippen LogP contribution in [0.3, 0.4) is 0 Å². The number of ketones is 1. The lowest BCUT2D eigenvalue weighted by Crippen LogP contribution is -2.05. The Morgan fingerprint density at radius 1 is 0.781 bits per heavy atom. The van der Waals surface area contributed by atoms with Crippen LogP contribution in [0.2, 0.25) is 0 Å². The minimum Gasteiger partial charge on any atom is -0.502 e. The second-order valence-corrected chi connectivity index (χ2v) is 7.16. The number of halogens is 4. The number of hydrogen-bond donors (Lipinski definition) is 2. The molecule has 0 saturated heterocycles. The number of Topliss-reactive ketones (excluding diaryl/α,β-unsaturated/α-hetero) is 1. The molecular formula is C23H20F4O5. The van der Waals surface area contributed by atoms with Crippen molar-refractivity contribution in [2.75, 3.05) is 14.2 Å². The Bertz CT molecular complexity index is 1050. The number of aromatic hydroxyl groups is 2. The molecule has 0 heterocycles. The fourth-order valence-electron chi connectivity index (χ4n) is 3.52. The van der Waals surface area contributed by atoms with Gasteiger partial charge in [0.15, 0.2) is 52.1 Å². The molecule has 170 valence electrons. The molecule has 9 heteroatoms. The number of rotatable bonds is 4. The van der Waals surface area contributed by atoms with Gasteiger partial charge in [-0.1, -0.05) is 0 Å². The summed E-state index contributed by atoms with van der Waals surface area (Å²) in [6.45, 7) is 0. The van der Waals surface area contributed by atoms with Crippen LogP contribution in [0, 0.1) is 23.3 Å². The summed E-state index contributed by atoms with van der Waals surface area (Å²) < 4.78 is 66.5. The maximum atomic E-state index is 14.6. The summed E-state index contributed by atoms with van der Waals surface area (Å²) in [5, 5.41) is 19.2. The molecular weight excluding hydrogens is 432 g/mol. The number of benzene rings is 2. The fourth-order valence-corrected chi connectivity index (χ4v) is 3.52. The van der Waals surface area contributed by atoms with Gasteiger partial charge in [-0.2, -0.15) is 0 Å². The van der Waals surface area contributed by atoms with Crippen LogP contribution >= 0.6 is 0 Å². The van der Waals surface area contributed by atoms with E-state index in [1.165, 1.54) is 0 Å². The maximum Gasteiger partial charge on any atom is 0.200 e. The van der Waals surface area contributed by atoms with E-state index in [-0.39, 0.29) is 35.1 Å². The van der Waals surface area contributed by atoms with Crippen molar-refractivity contribution in [3.63, 3.8) is 0 Å². The van der Waals surface area contributed by atoms with Crippen molar-refractivity contribution in [3.8, 4) is 23.0 Å². The summed E-state index contributed by atoms with van der Waals surface area (Å²) >= 11 is 0. The number of phenols is 2. The quantitative estimate of drug-likeness (QED) is 0.375. The summed E-state index contributed by atoms with van der Waals surface area (Å²) in [7, 11) is 2.12. The lowest BCUT2D eigenvalue weighted by Gasteiger charge is -2.11. The Balaban J connectivity index is 2.08. The first kappa shape index (κ1) is 23.2. The van der Waals surface area contributed by atoms with E-state index in [1.54, 1.807) is 0 Å². The minimum atomic E-state index is -1.12. The molecule has 1 saturated carbocycles. The lowest BCUT2D eigenvalue weighted by atomic mass is 9.97. The molecule has 5 nitrogen and oxygen atoms in total. The highest BCUT2D eigenvalue weighted by atomic mass is 19.1. The van der Waals surface area contributed by atoms with E-state index in [9.17, 15) is 32.6 Å². The van der Waals surface area contributed by atoms with E-state index in [2.05, 4.69) is 0 Å². The average Bonchev–Trinajstić information content (AvgIpc) is 2.93. The Labute approximate surface area is 181 Å². The van der Waals surface area contributed by atoms with Gasteiger partial charge in [0.25, 0.3) is 0 Å². The largest absolute Gasteiger partial charge is 0.502 e. The Morgan fingerprint density at radius 2 is 1.16 bits per heavy atom. The van der Waals surface area contributed by atoms with Crippen molar-refractivity contribution >= 4 is 17.9 Å². The van der Waals surface area contributed by atoms with Crippen LogP contribution in [0.5, 0.6) is 23.0 Å². The molecule has 0 aliphatic heterocycles. The molecule has 2 N–H and O–H groups in total. The van der Waals surface area contributed by atoms with Gasteiger partial charge in [0.05, 0.1) is 14.2 Å². The minimum absolute atomic E-state index is 0.131. The first-order valence-electron chi connectivity index (χ1n) is 9.65. The van der Waals surface area contributed by atoms with E-state index >= 15 is 0 Å². The van der Waals surface area contributed by atoms with Gasteiger partial charge in [-0.05, 0) is 50.0 Å². The first-order valence-corrected chi connectivity index (χ1v) is 9.65. The molecule has 1 fully saturated rings. The summed E-state index contributed by atoms with van der Waals surface area (Å²) in [4.78, 5) is 13.1. The van der Waals surface area contributed by atoms with Gasteiger partial charge in [0, 0.05) is 22.3 Å². The van der Waals surface area contributed by atoms with Crippen molar-refractivity contribution in [1.82, 2.24) is 0 Å². The molecule has 1 aliphatic carbocycles. The molecule has 32 heavy (non-hydrogen) atoms. The predicted molar refractivity (Wildman–Crippen MR) is 109 cm³/mol. The standard InChI is InChI=1S/C23H20F4O5/c1-31-22-17(26)13(9-15(24)20(22)29)7-11-5-3-4-6-12(19(11)28)8-14-10-16(25)21(30)23(32-2)18(14)27/h7-10,29-30H,3-6H2,1-2H3/b11-7+,12-8+. The van der Waals surface area contributed by atoms with Crippen LogP contribution in [0.15, 0.2) is 23.3 Å². The third-order valence-electron chi connectivity index (χ3n) is 5.15. The van der Waals surface area contributed by atoms with Crippen LogP contribution in [0.25, 0.3) is 12.2 Å².